The van der Waals surface area contributed by atoms with Gasteiger partial charge < -0.3 is 4.74 Å². The zero-order valence-corrected chi connectivity index (χ0v) is 12.8. The number of benzene rings is 1. The van der Waals surface area contributed by atoms with Gasteiger partial charge in [-0.2, -0.15) is 0 Å². The van der Waals surface area contributed by atoms with Crippen molar-refractivity contribution in [2.75, 3.05) is 7.11 Å². The molecule has 4 rings (SSSR count). The predicted octanol–water partition coefficient (Wildman–Crippen LogP) is 4.69. The van der Waals surface area contributed by atoms with Crippen LogP contribution in [0.3, 0.4) is 0 Å². The number of ether oxygens (including phenoxy) is 1. The second-order valence-corrected chi connectivity index (χ2v) is 7.55. The molecule has 0 aliphatic heterocycles. The van der Waals surface area contributed by atoms with Crippen LogP contribution in [-0.4, -0.2) is 7.11 Å². The van der Waals surface area contributed by atoms with Gasteiger partial charge in [-0.3, -0.25) is 0 Å². The van der Waals surface area contributed by atoms with Gasteiger partial charge in [0.25, 0.3) is 0 Å². The first kappa shape index (κ1) is 12.9. The quantitative estimate of drug-likeness (QED) is 0.719. The first-order valence-corrected chi connectivity index (χ1v) is 8.33. The smallest absolute Gasteiger partial charge is 0.0961 e. The predicted molar refractivity (Wildman–Crippen MR) is 81.6 cm³/mol. The lowest BCUT2D eigenvalue weighted by atomic mass is 9.53. The summed E-state index contributed by atoms with van der Waals surface area (Å²) < 4.78 is 6.26. The number of hydrogen-bond donors (Lipinski definition) is 0. The van der Waals surface area contributed by atoms with Gasteiger partial charge in [0, 0.05) is 7.11 Å². The van der Waals surface area contributed by atoms with Crippen LogP contribution in [0.2, 0.25) is 0 Å². The van der Waals surface area contributed by atoms with E-state index in [9.17, 15) is 0 Å². The van der Waals surface area contributed by atoms with E-state index >= 15 is 0 Å². The summed E-state index contributed by atoms with van der Waals surface area (Å²) in [5.41, 5.74) is 3.66. The Labute approximate surface area is 122 Å². The third-order valence-corrected chi connectivity index (χ3v) is 6.87. The molecule has 3 aliphatic rings. The molecule has 3 aliphatic carbocycles. The Kier molecular flexibility index (Phi) is 2.79. The molecule has 0 saturated heterocycles. The van der Waals surface area contributed by atoms with Crippen LogP contribution >= 0.6 is 0 Å². The molecule has 108 valence electrons. The van der Waals surface area contributed by atoms with Gasteiger partial charge in [0.2, 0.25) is 0 Å². The van der Waals surface area contributed by atoms with Crippen LogP contribution in [0.4, 0.5) is 0 Å². The third-order valence-electron chi connectivity index (χ3n) is 6.87. The average Bonchev–Trinajstić information content (AvgIpc) is 2.88. The summed E-state index contributed by atoms with van der Waals surface area (Å²) >= 11 is 0. The molecule has 0 bridgehead atoms. The summed E-state index contributed by atoms with van der Waals surface area (Å²) in [6.07, 6.45) is 9.43. The topological polar surface area (TPSA) is 9.23 Å². The Bertz CT molecular complexity index is 522. The normalized spacial score (nSPS) is 42.7. The molecule has 0 radical (unpaired) electrons. The first-order chi connectivity index (χ1) is 9.70. The monoisotopic (exact) mass is 270 g/mol. The SMILES string of the molecule is COC12CC[C@]3(C)CCC[C@H]3[C@@H]1CCc1ccccc12. The highest BCUT2D eigenvalue weighted by Crippen LogP contribution is 2.63. The van der Waals surface area contributed by atoms with Crippen molar-refractivity contribution in [1.82, 2.24) is 0 Å². The molecule has 1 aromatic carbocycles. The molecule has 2 fully saturated rings. The van der Waals surface area contributed by atoms with Crippen molar-refractivity contribution >= 4 is 0 Å². The first-order valence-electron chi connectivity index (χ1n) is 8.33. The lowest BCUT2D eigenvalue weighted by Crippen LogP contribution is -2.51. The van der Waals surface area contributed by atoms with Crippen LogP contribution in [0.1, 0.15) is 56.6 Å². The van der Waals surface area contributed by atoms with Gasteiger partial charge in [0.15, 0.2) is 0 Å². The maximum absolute atomic E-state index is 6.26. The molecule has 0 heterocycles. The maximum atomic E-state index is 6.26. The fourth-order valence-electron chi connectivity index (χ4n) is 5.83. The second kappa shape index (κ2) is 4.34. The molecule has 0 N–H and O–H groups in total. The number of aryl methyl sites for hydroxylation is 1. The number of fused-ring (bicyclic) bond motifs is 5. The highest BCUT2D eigenvalue weighted by Gasteiger charge is 2.57. The number of rotatable bonds is 1. The average molecular weight is 270 g/mol. The highest BCUT2D eigenvalue weighted by atomic mass is 16.5. The summed E-state index contributed by atoms with van der Waals surface area (Å²) in [4.78, 5) is 0. The minimum Gasteiger partial charge on any atom is -0.373 e. The molecule has 4 atom stereocenters. The highest BCUT2D eigenvalue weighted by molar-refractivity contribution is 5.37. The lowest BCUT2D eigenvalue weighted by molar-refractivity contribution is -0.147. The fraction of sp³-hybridized carbons (Fsp3) is 0.684. The summed E-state index contributed by atoms with van der Waals surface area (Å²) in [7, 11) is 1.95. The van der Waals surface area contributed by atoms with Crippen molar-refractivity contribution < 1.29 is 4.74 Å². The van der Waals surface area contributed by atoms with Crippen LogP contribution in [0, 0.1) is 17.3 Å². The molecule has 1 nitrogen and oxygen atoms in total. The number of hydrogen-bond acceptors (Lipinski definition) is 1. The van der Waals surface area contributed by atoms with Crippen molar-refractivity contribution in [3.8, 4) is 0 Å². The molecule has 1 unspecified atom stereocenters. The lowest BCUT2D eigenvalue weighted by Gasteiger charge is -2.55. The van der Waals surface area contributed by atoms with Crippen LogP contribution in [-0.2, 0) is 16.8 Å². The molecular weight excluding hydrogens is 244 g/mol. The Morgan fingerprint density at radius 2 is 1.90 bits per heavy atom. The summed E-state index contributed by atoms with van der Waals surface area (Å²) in [5, 5.41) is 0. The van der Waals surface area contributed by atoms with Crippen molar-refractivity contribution in [1.29, 1.82) is 0 Å². The van der Waals surface area contributed by atoms with E-state index in [0.717, 1.165) is 11.8 Å². The molecule has 0 aromatic heterocycles. The Hall–Kier alpha value is -0.820. The molecule has 0 amide bonds. The van der Waals surface area contributed by atoms with Gasteiger partial charge in [-0.25, -0.2) is 0 Å². The van der Waals surface area contributed by atoms with Gasteiger partial charge in [-0.1, -0.05) is 37.6 Å². The minimum absolute atomic E-state index is 0.0172. The second-order valence-electron chi connectivity index (χ2n) is 7.55. The van der Waals surface area contributed by atoms with Crippen LogP contribution in [0.15, 0.2) is 24.3 Å². The fourth-order valence-corrected chi connectivity index (χ4v) is 5.83. The van der Waals surface area contributed by atoms with Crippen molar-refractivity contribution in [3.05, 3.63) is 35.4 Å². The van der Waals surface area contributed by atoms with Gasteiger partial charge >= 0.3 is 0 Å². The van der Waals surface area contributed by atoms with Gasteiger partial charge in [0.05, 0.1) is 5.60 Å². The van der Waals surface area contributed by atoms with E-state index in [0.29, 0.717) is 5.41 Å². The van der Waals surface area contributed by atoms with Crippen molar-refractivity contribution in [3.63, 3.8) is 0 Å². The zero-order chi connectivity index (χ0) is 13.8. The molecule has 20 heavy (non-hydrogen) atoms. The summed E-state index contributed by atoms with van der Waals surface area (Å²) in [6.45, 7) is 2.55. The van der Waals surface area contributed by atoms with E-state index in [2.05, 4.69) is 31.2 Å². The van der Waals surface area contributed by atoms with Crippen LogP contribution in [0.25, 0.3) is 0 Å². The maximum Gasteiger partial charge on any atom is 0.0961 e. The van der Waals surface area contributed by atoms with E-state index in [1.165, 1.54) is 56.1 Å². The van der Waals surface area contributed by atoms with Gasteiger partial charge in [-0.15, -0.1) is 0 Å². The van der Waals surface area contributed by atoms with Crippen LogP contribution in [0.5, 0.6) is 0 Å². The van der Waals surface area contributed by atoms with E-state index in [4.69, 9.17) is 4.74 Å². The van der Waals surface area contributed by atoms with Crippen molar-refractivity contribution in [2.45, 2.75) is 57.5 Å². The molecular formula is C19H26O. The molecule has 1 aromatic rings. The summed E-state index contributed by atoms with van der Waals surface area (Å²) in [5.74, 6) is 1.62. The molecule has 0 spiro atoms. The third kappa shape index (κ3) is 1.53. The molecule has 2 saturated carbocycles. The van der Waals surface area contributed by atoms with Gasteiger partial charge in [0.1, 0.15) is 0 Å². The zero-order valence-electron chi connectivity index (χ0n) is 12.8. The van der Waals surface area contributed by atoms with Gasteiger partial charge in [-0.05, 0) is 66.9 Å². The largest absolute Gasteiger partial charge is 0.373 e. The minimum atomic E-state index is 0.0172. The summed E-state index contributed by atoms with van der Waals surface area (Å²) in [6, 6.07) is 9.03. The van der Waals surface area contributed by atoms with E-state index in [1.807, 2.05) is 7.11 Å². The van der Waals surface area contributed by atoms with Crippen LogP contribution < -0.4 is 0 Å². The number of methoxy groups -OCH3 is 1. The van der Waals surface area contributed by atoms with E-state index < -0.39 is 0 Å². The standard InChI is InChI=1S/C19H26O/c1-18-11-5-8-16(18)17-10-9-14-6-3-4-7-15(14)19(17,20-2)13-12-18/h3-4,6-7,16-17H,5,8-13H2,1-2H3/t16-,17-,18-,19?/m0/s1. The Morgan fingerprint density at radius 1 is 1.05 bits per heavy atom. The van der Waals surface area contributed by atoms with E-state index in [1.54, 1.807) is 0 Å². The molecule has 1 heteroatoms. The van der Waals surface area contributed by atoms with E-state index in [-0.39, 0.29) is 5.60 Å². The Balaban J connectivity index is 1.83. The van der Waals surface area contributed by atoms with Crippen molar-refractivity contribution in [2.24, 2.45) is 17.3 Å². The Morgan fingerprint density at radius 3 is 2.75 bits per heavy atom.